The van der Waals surface area contributed by atoms with Crippen LogP contribution < -0.4 is 15.0 Å². The second kappa shape index (κ2) is 7.31. The van der Waals surface area contributed by atoms with Crippen molar-refractivity contribution in [3.05, 3.63) is 53.6 Å². The van der Waals surface area contributed by atoms with Gasteiger partial charge in [0.2, 0.25) is 5.91 Å². The van der Waals surface area contributed by atoms with Crippen LogP contribution in [0.4, 0.5) is 11.4 Å². The average Bonchev–Trinajstić information content (AvgIpc) is 2.73. The van der Waals surface area contributed by atoms with Crippen molar-refractivity contribution in [2.45, 2.75) is 12.8 Å². The molecular formula is C21H23N3O3. The highest BCUT2D eigenvalue weighted by molar-refractivity contribution is 5.95. The number of hydrogen-bond acceptors (Lipinski definition) is 4. The van der Waals surface area contributed by atoms with Crippen LogP contribution in [0.25, 0.3) is 0 Å². The van der Waals surface area contributed by atoms with Gasteiger partial charge in [-0.1, -0.05) is 0 Å². The number of rotatable bonds is 3. The zero-order chi connectivity index (χ0) is 18.8. The molecule has 4 rings (SSSR count). The summed E-state index contributed by atoms with van der Waals surface area (Å²) in [7, 11) is 1.62. The zero-order valence-electron chi connectivity index (χ0n) is 15.4. The molecule has 6 heteroatoms. The van der Waals surface area contributed by atoms with E-state index in [9.17, 15) is 9.59 Å². The summed E-state index contributed by atoms with van der Waals surface area (Å²) >= 11 is 0. The lowest BCUT2D eigenvalue weighted by molar-refractivity contribution is -0.116. The van der Waals surface area contributed by atoms with Gasteiger partial charge in [0.05, 0.1) is 7.11 Å². The van der Waals surface area contributed by atoms with E-state index < -0.39 is 0 Å². The average molecular weight is 365 g/mol. The van der Waals surface area contributed by atoms with Crippen molar-refractivity contribution >= 4 is 23.2 Å². The molecule has 2 aromatic carbocycles. The number of hydrogen-bond donors (Lipinski definition) is 1. The van der Waals surface area contributed by atoms with Crippen LogP contribution in [0.3, 0.4) is 0 Å². The Morgan fingerprint density at radius 3 is 2.44 bits per heavy atom. The summed E-state index contributed by atoms with van der Waals surface area (Å²) in [5, 5.41) is 2.92. The molecule has 0 radical (unpaired) electrons. The summed E-state index contributed by atoms with van der Waals surface area (Å²) in [6.07, 6.45) is 1.32. The highest BCUT2D eigenvalue weighted by Crippen LogP contribution is 2.28. The van der Waals surface area contributed by atoms with Gasteiger partial charge in [0.1, 0.15) is 5.75 Å². The number of carbonyl (C=O) groups excluding carboxylic acids is 2. The van der Waals surface area contributed by atoms with Crippen LogP contribution in [-0.4, -0.2) is 50.0 Å². The molecule has 6 nitrogen and oxygen atoms in total. The van der Waals surface area contributed by atoms with Crippen LogP contribution in [0.15, 0.2) is 42.5 Å². The molecule has 0 unspecified atom stereocenters. The summed E-state index contributed by atoms with van der Waals surface area (Å²) in [5.41, 5.74) is 3.95. The number of aryl methyl sites for hydroxylation is 1. The maximum Gasteiger partial charge on any atom is 0.253 e. The molecule has 2 heterocycles. The molecule has 27 heavy (non-hydrogen) atoms. The Labute approximate surface area is 158 Å². The molecule has 2 aliphatic heterocycles. The first-order valence-electron chi connectivity index (χ1n) is 9.25. The molecule has 2 aromatic rings. The van der Waals surface area contributed by atoms with Crippen LogP contribution in [0.5, 0.6) is 5.75 Å². The maximum atomic E-state index is 12.7. The molecule has 2 amide bonds. The lowest BCUT2D eigenvalue weighted by Gasteiger charge is -2.36. The van der Waals surface area contributed by atoms with Gasteiger partial charge in [0.15, 0.2) is 0 Å². The Balaban J connectivity index is 1.40. The summed E-state index contributed by atoms with van der Waals surface area (Å²) in [5.74, 6) is 0.895. The largest absolute Gasteiger partial charge is 0.497 e. The Morgan fingerprint density at radius 2 is 1.74 bits per heavy atom. The van der Waals surface area contributed by atoms with Crippen LogP contribution in [0.2, 0.25) is 0 Å². The summed E-state index contributed by atoms with van der Waals surface area (Å²) in [6.45, 7) is 2.98. The van der Waals surface area contributed by atoms with Crippen molar-refractivity contribution in [1.29, 1.82) is 0 Å². The Bertz CT molecular complexity index is 855. The van der Waals surface area contributed by atoms with Gasteiger partial charge in [0.25, 0.3) is 5.91 Å². The minimum absolute atomic E-state index is 0.0606. The number of amides is 2. The zero-order valence-corrected chi connectivity index (χ0v) is 15.4. The molecule has 0 saturated carbocycles. The van der Waals surface area contributed by atoms with E-state index in [1.54, 1.807) is 7.11 Å². The third kappa shape index (κ3) is 3.60. The summed E-state index contributed by atoms with van der Waals surface area (Å²) < 4.78 is 5.15. The minimum Gasteiger partial charge on any atom is -0.497 e. The number of benzene rings is 2. The molecule has 0 aromatic heterocycles. The second-order valence-corrected chi connectivity index (χ2v) is 6.90. The topological polar surface area (TPSA) is 61.9 Å². The van der Waals surface area contributed by atoms with Crippen molar-refractivity contribution in [3.8, 4) is 5.75 Å². The van der Waals surface area contributed by atoms with Gasteiger partial charge in [-0.15, -0.1) is 0 Å². The summed E-state index contributed by atoms with van der Waals surface area (Å²) in [4.78, 5) is 28.4. The van der Waals surface area contributed by atoms with Crippen LogP contribution in [-0.2, 0) is 11.2 Å². The second-order valence-electron chi connectivity index (χ2n) is 6.90. The first-order valence-corrected chi connectivity index (χ1v) is 9.25. The van der Waals surface area contributed by atoms with Crippen molar-refractivity contribution in [1.82, 2.24) is 4.90 Å². The molecule has 0 spiro atoms. The SMILES string of the molecule is COc1ccc(C(=O)N2CCN(c3ccc4c(c3)CCC(=O)N4)CC2)cc1. The van der Waals surface area contributed by atoms with Gasteiger partial charge in [-0.3, -0.25) is 9.59 Å². The van der Waals surface area contributed by atoms with E-state index in [4.69, 9.17) is 4.74 Å². The predicted molar refractivity (Wildman–Crippen MR) is 105 cm³/mol. The van der Waals surface area contributed by atoms with Crippen LogP contribution in [0, 0.1) is 0 Å². The normalized spacial score (nSPS) is 16.6. The number of piperazine rings is 1. The van der Waals surface area contributed by atoms with Gasteiger partial charge in [-0.05, 0) is 54.4 Å². The predicted octanol–water partition coefficient (Wildman–Crippen LogP) is 2.54. The fraction of sp³-hybridized carbons (Fsp3) is 0.333. The first-order chi connectivity index (χ1) is 13.1. The number of ether oxygens (including phenoxy) is 1. The highest BCUT2D eigenvalue weighted by Gasteiger charge is 2.23. The molecule has 1 fully saturated rings. The van der Waals surface area contributed by atoms with Gasteiger partial charge in [0, 0.05) is 49.5 Å². The number of nitrogens with zero attached hydrogens (tertiary/aromatic N) is 2. The molecule has 1 saturated heterocycles. The summed E-state index contributed by atoms with van der Waals surface area (Å²) in [6, 6.07) is 13.4. The van der Waals surface area contributed by atoms with E-state index in [-0.39, 0.29) is 11.8 Å². The molecular weight excluding hydrogens is 342 g/mol. The third-order valence-corrected chi connectivity index (χ3v) is 5.25. The number of fused-ring (bicyclic) bond motifs is 1. The number of nitrogens with one attached hydrogen (secondary N) is 1. The maximum absolute atomic E-state index is 12.7. The Morgan fingerprint density at radius 1 is 1.00 bits per heavy atom. The standard InChI is InChI=1S/C21H23N3O3/c1-27-18-6-2-15(3-7-18)21(26)24-12-10-23(11-13-24)17-5-8-19-16(14-17)4-9-20(25)22-19/h2-3,5-8,14H,4,9-13H2,1H3,(H,22,25). The minimum atomic E-state index is 0.0606. The van der Waals surface area contributed by atoms with Crippen LogP contribution >= 0.6 is 0 Å². The number of anilines is 2. The van der Waals surface area contributed by atoms with Gasteiger partial charge in [-0.25, -0.2) is 0 Å². The van der Waals surface area contributed by atoms with Gasteiger partial charge >= 0.3 is 0 Å². The third-order valence-electron chi connectivity index (χ3n) is 5.25. The number of methoxy groups -OCH3 is 1. The molecule has 0 atom stereocenters. The molecule has 2 aliphatic rings. The molecule has 1 N–H and O–H groups in total. The smallest absolute Gasteiger partial charge is 0.253 e. The van der Waals surface area contributed by atoms with E-state index in [0.29, 0.717) is 25.1 Å². The van der Waals surface area contributed by atoms with E-state index in [2.05, 4.69) is 16.3 Å². The van der Waals surface area contributed by atoms with E-state index in [1.807, 2.05) is 41.3 Å². The lowest BCUT2D eigenvalue weighted by Crippen LogP contribution is -2.48. The Kier molecular flexibility index (Phi) is 4.71. The molecule has 0 bridgehead atoms. The first kappa shape index (κ1) is 17.4. The molecule has 0 aliphatic carbocycles. The van der Waals surface area contributed by atoms with Crippen molar-refractivity contribution < 1.29 is 14.3 Å². The lowest BCUT2D eigenvalue weighted by atomic mass is 10.0. The fourth-order valence-electron chi connectivity index (χ4n) is 3.65. The Hall–Kier alpha value is -3.02. The van der Waals surface area contributed by atoms with Crippen molar-refractivity contribution in [2.75, 3.05) is 43.5 Å². The van der Waals surface area contributed by atoms with E-state index >= 15 is 0 Å². The van der Waals surface area contributed by atoms with Crippen molar-refractivity contribution in [2.24, 2.45) is 0 Å². The van der Waals surface area contributed by atoms with Crippen LogP contribution in [0.1, 0.15) is 22.3 Å². The highest BCUT2D eigenvalue weighted by atomic mass is 16.5. The fourth-order valence-corrected chi connectivity index (χ4v) is 3.65. The monoisotopic (exact) mass is 365 g/mol. The van der Waals surface area contributed by atoms with Gasteiger partial charge in [-0.2, -0.15) is 0 Å². The van der Waals surface area contributed by atoms with E-state index in [0.717, 1.165) is 36.6 Å². The number of carbonyl (C=O) groups is 2. The van der Waals surface area contributed by atoms with Gasteiger partial charge < -0.3 is 19.9 Å². The van der Waals surface area contributed by atoms with Crippen molar-refractivity contribution in [3.63, 3.8) is 0 Å². The van der Waals surface area contributed by atoms with E-state index in [1.165, 1.54) is 5.56 Å². The quantitative estimate of drug-likeness (QED) is 0.908. The molecule has 140 valence electrons.